The normalized spacial score (nSPS) is 17.4. The fourth-order valence-electron chi connectivity index (χ4n) is 2.58. The van der Waals surface area contributed by atoms with Crippen molar-refractivity contribution < 1.29 is 8.42 Å². The number of anilines is 2. The average molecular weight is 312 g/mol. The Kier molecular flexibility index (Phi) is 4.75. The smallest absolute Gasteiger partial charge is 0.242 e. The van der Waals surface area contributed by atoms with Crippen LogP contribution in [0.1, 0.15) is 13.8 Å². The monoisotopic (exact) mass is 312 g/mol. The molecular weight excluding hydrogens is 288 g/mol. The Labute approximate surface area is 127 Å². The van der Waals surface area contributed by atoms with E-state index in [0.717, 1.165) is 31.9 Å². The SMILES string of the molecule is CNS(=O)(=O)c1ccc(N2CCN(C(C)C)CC2)cc1N. The fraction of sp³-hybridized carbons (Fsp3) is 0.571. The zero-order valence-corrected chi connectivity index (χ0v) is 13.7. The summed E-state index contributed by atoms with van der Waals surface area (Å²) < 4.78 is 25.9. The van der Waals surface area contributed by atoms with Crippen molar-refractivity contribution in [2.24, 2.45) is 0 Å². The van der Waals surface area contributed by atoms with Crippen LogP contribution in [0.3, 0.4) is 0 Å². The number of sulfonamides is 1. The third kappa shape index (κ3) is 3.48. The summed E-state index contributed by atoms with van der Waals surface area (Å²) in [6, 6.07) is 5.70. The topological polar surface area (TPSA) is 78.7 Å². The molecule has 0 spiro atoms. The van der Waals surface area contributed by atoms with Crippen LogP contribution in [0, 0.1) is 0 Å². The molecule has 0 amide bonds. The molecule has 1 aromatic rings. The highest BCUT2D eigenvalue weighted by molar-refractivity contribution is 7.89. The number of nitrogens with one attached hydrogen (secondary N) is 1. The van der Waals surface area contributed by atoms with Gasteiger partial charge in [-0.1, -0.05) is 0 Å². The van der Waals surface area contributed by atoms with E-state index in [1.807, 2.05) is 6.07 Å². The Morgan fingerprint density at radius 1 is 1.19 bits per heavy atom. The second kappa shape index (κ2) is 6.21. The summed E-state index contributed by atoms with van der Waals surface area (Å²) in [5.74, 6) is 0. The molecule has 1 aliphatic heterocycles. The van der Waals surface area contributed by atoms with Crippen LogP contribution in [-0.2, 0) is 10.0 Å². The first-order chi connectivity index (χ1) is 9.85. The Morgan fingerprint density at radius 2 is 1.81 bits per heavy atom. The van der Waals surface area contributed by atoms with Crippen molar-refractivity contribution in [3.05, 3.63) is 18.2 Å². The first kappa shape index (κ1) is 16.1. The molecule has 2 rings (SSSR count). The second-order valence-corrected chi connectivity index (χ2v) is 7.40. The molecule has 1 aromatic carbocycles. The van der Waals surface area contributed by atoms with Crippen LogP contribution in [-0.4, -0.2) is 52.6 Å². The molecule has 1 aliphatic rings. The standard InChI is InChI=1S/C14H24N4O2S/c1-11(2)17-6-8-18(9-7-17)12-4-5-14(13(15)10-12)21(19,20)16-3/h4-5,10-11,16H,6-9,15H2,1-3H3. The number of piperazine rings is 1. The molecule has 1 fully saturated rings. The number of hydrogen-bond acceptors (Lipinski definition) is 5. The van der Waals surface area contributed by atoms with Crippen molar-refractivity contribution >= 4 is 21.4 Å². The predicted octanol–water partition coefficient (Wildman–Crippen LogP) is 0.707. The van der Waals surface area contributed by atoms with E-state index in [0.29, 0.717) is 6.04 Å². The van der Waals surface area contributed by atoms with Crippen LogP contribution in [0.15, 0.2) is 23.1 Å². The van der Waals surface area contributed by atoms with Gasteiger partial charge in [-0.15, -0.1) is 0 Å². The molecule has 0 bridgehead atoms. The van der Waals surface area contributed by atoms with E-state index >= 15 is 0 Å². The summed E-state index contributed by atoms with van der Waals surface area (Å²) in [7, 11) is -2.12. The lowest BCUT2D eigenvalue weighted by Gasteiger charge is -2.38. The largest absolute Gasteiger partial charge is 0.398 e. The van der Waals surface area contributed by atoms with E-state index in [4.69, 9.17) is 5.73 Å². The number of nitrogens with zero attached hydrogens (tertiary/aromatic N) is 2. The summed E-state index contributed by atoms with van der Waals surface area (Å²) >= 11 is 0. The molecule has 0 atom stereocenters. The zero-order valence-electron chi connectivity index (χ0n) is 12.8. The first-order valence-electron chi connectivity index (χ1n) is 7.17. The summed E-state index contributed by atoms with van der Waals surface area (Å²) in [5.41, 5.74) is 7.17. The van der Waals surface area contributed by atoms with Gasteiger partial charge in [0.05, 0.1) is 5.69 Å². The number of rotatable bonds is 4. The van der Waals surface area contributed by atoms with E-state index in [-0.39, 0.29) is 10.6 Å². The van der Waals surface area contributed by atoms with Gasteiger partial charge in [-0.2, -0.15) is 0 Å². The van der Waals surface area contributed by atoms with Gasteiger partial charge in [0.2, 0.25) is 10.0 Å². The average Bonchev–Trinajstić information content (AvgIpc) is 2.47. The molecular formula is C14H24N4O2S. The van der Waals surface area contributed by atoms with Crippen LogP contribution >= 0.6 is 0 Å². The molecule has 0 saturated carbocycles. The lowest BCUT2D eigenvalue weighted by atomic mass is 10.2. The van der Waals surface area contributed by atoms with Gasteiger partial charge < -0.3 is 10.6 Å². The Hall–Kier alpha value is -1.31. The van der Waals surface area contributed by atoms with Crippen molar-refractivity contribution in [2.75, 3.05) is 43.9 Å². The quantitative estimate of drug-likeness (QED) is 0.801. The lowest BCUT2D eigenvalue weighted by molar-refractivity contribution is 0.209. The fourth-order valence-corrected chi connectivity index (χ4v) is 3.42. The number of nitrogen functional groups attached to an aromatic ring is 1. The van der Waals surface area contributed by atoms with Crippen molar-refractivity contribution in [2.45, 2.75) is 24.8 Å². The summed E-state index contributed by atoms with van der Waals surface area (Å²) in [6.45, 7) is 8.27. The summed E-state index contributed by atoms with van der Waals surface area (Å²) in [6.07, 6.45) is 0. The zero-order chi connectivity index (χ0) is 15.6. The molecule has 21 heavy (non-hydrogen) atoms. The number of benzene rings is 1. The molecule has 118 valence electrons. The molecule has 3 N–H and O–H groups in total. The molecule has 6 nitrogen and oxygen atoms in total. The van der Waals surface area contributed by atoms with E-state index in [1.54, 1.807) is 12.1 Å². The summed E-state index contributed by atoms with van der Waals surface area (Å²) in [4.78, 5) is 4.81. The van der Waals surface area contributed by atoms with Gasteiger partial charge in [0.1, 0.15) is 4.90 Å². The maximum atomic E-state index is 11.8. The Morgan fingerprint density at radius 3 is 2.29 bits per heavy atom. The molecule has 0 radical (unpaired) electrons. The maximum Gasteiger partial charge on any atom is 0.242 e. The van der Waals surface area contributed by atoms with Crippen LogP contribution in [0.4, 0.5) is 11.4 Å². The van der Waals surface area contributed by atoms with Crippen molar-refractivity contribution in [1.82, 2.24) is 9.62 Å². The van der Waals surface area contributed by atoms with Gasteiger partial charge in [-0.3, -0.25) is 4.90 Å². The van der Waals surface area contributed by atoms with E-state index in [9.17, 15) is 8.42 Å². The van der Waals surface area contributed by atoms with Gasteiger partial charge in [0.25, 0.3) is 0 Å². The number of hydrogen-bond donors (Lipinski definition) is 2. The minimum absolute atomic E-state index is 0.134. The van der Waals surface area contributed by atoms with Crippen molar-refractivity contribution in [3.63, 3.8) is 0 Å². The minimum atomic E-state index is -3.50. The van der Waals surface area contributed by atoms with Crippen molar-refractivity contribution in [1.29, 1.82) is 0 Å². The van der Waals surface area contributed by atoms with Crippen LogP contribution in [0.5, 0.6) is 0 Å². The highest BCUT2D eigenvalue weighted by Gasteiger charge is 2.21. The van der Waals surface area contributed by atoms with Crippen molar-refractivity contribution in [3.8, 4) is 0 Å². The molecule has 1 heterocycles. The molecule has 0 aliphatic carbocycles. The van der Waals surface area contributed by atoms with Crippen LogP contribution < -0.4 is 15.4 Å². The second-order valence-electron chi connectivity index (χ2n) is 5.55. The molecule has 7 heteroatoms. The van der Waals surface area contributed by atoms with Gasteiger partial charge in [-0.05, 0) is 39.1 Å². The van der Waals surface area contributed by atoms with E-state index in [1.165, 1.54) is 7.05 Å². The minimum Gasteiger partial charge on any atom is -0.398 e. The predicted molar refractivity (Wildman–Crippen MR) is 86.0 cm³/mol. The highest BCUT2D eigenvalue weighted by Crippen LogP contribution is 2.25. The highest BCUT2D eigenvalue weighted by atomic mass is 32.2. The van der Waals surface area contributed by atoms with Gasteiger partial charge >= 0.3 is 0 Å². The third-order valence-corrected chi connectivity index (χ3v) is 5.45. The van der Waals surface area contributed by atoms with Gasteiger partial charge in [0, 0.05) is 37.9 Å². The third-order valence-electron chi connectivity index (χ3n) is 3.96. The maximum absolute atomic E-state index is 11.8. The van der Waals surface area contributed by atoms with E-state index in [2.05, 4.69) is 28.4 Å². The van der Waals surface area contributed by atoms with Crippen LogP contribution in [0.25, 0.3) is 0 Å². The van der Waals surface area contributed by atoms with E-state index < -0.39 is 10.0 Å². The molecule has 0 aromatic heterocycles. The lowest BCUT2D eigenvalue weighted by Crippen LogP contribution is -2.48. The molecule has 1 saturated heterocycles. The van der Waals surface area contributed by atoms with Crippen LogP contribution in [0.2, 0.25) is 0 Å². The van der Waals surface area contributed by atoms with Gasteiger partial charge in [0.15, 0.2) is 0 Å². The van der Waals surface area contributed by atoms with Gasteiger partial charge in [-0.25, -0.2) is 13.1 Å². The number of nitrogens with two attached hydrogens (primary N) is 1. The molecule has 0 unspecified atom stereocenters. The first-order valence-corrected chi connectivity index (χ1v) is 8.65. The summed E-state index contributed by atoms with van der Waals surface area (Å²) in [5, 5.41) is 0. The Bertz CT molecular complexity index is 593. The Balaban J connectivity index is 2.15.